The van der Waals surface area contributed by atoms with Crippen LogP contribution in [0.5, 0.6) is 0 Å². The van der Waals surface area contributed by atoms with Crippen LogP contribution < -0.4 is 5.32 Å². The quantitative estimate of drug-likeness (QED) is 0.466. The summed E-state index contributed by atoms with van der Waals surface area (Å²) in [7, 11) is 0. The molecule has 7 heteroatoms. The smallest absolute Gasteiger partial charge is 0.135 e. The molecule has 1 aromatic carbocycles. The van der Waals surface area contributed by atoms with Crippen molar-refractivity contribution >= 4 is 56.7 Å². The Balaban J connectivity index is 0.00000264. The molecule has 0 amide bonds. The van der Waals surface area contributed by atoms with Crippen molar-refractivity contribution in [2.75, 3.05) is 26.2 Å². The van der Waals surface area contributed by atoms with Crippen LogP contribution in [0, 0.1) is 0 Å². The summed E-state index contributed by atoms with van der Waals surface area (Å²) in [6.07, 6.45) is 0. The maximum atomic E-state index is 5.93. The maximum Gasteiger partial charge on any atom is 0.135 e. The van der Waals surface area contributed by atoms with Crippen molar-refractivity contribution in [1.82, 2.24) is 10.2 Å². The van der Waals surface area contributed by atoms with Gasteiger partial charge in [0.25, 0.3) is 0 Å². The first-order valence-electron chi connectivity index (χ1n) is 7.61. The van der Waals surface area contributed by atoms with E-state index in [1.165, 1.54) is 0 Å². The van der Waals surface area contributed by atoms with Gasteiger partial charge in [0.05, 0.1) is 6.54 Å². The Morgan fingerprint density at radius 3 is 2.38 bits per heavy atom. The highest BCUT2D eigenvalue weighted by atomic mass is 79.9. The zero-order valence-electron chi connectivity index (χ0n) is 13.9. The lowest BCUT2D eigenvalue weighted by atomic mass is 10.2. The van der Waals surface area contributed by atoms with Crippen LogP contribution >= 0.6 is 56.7 Å². The molecule has 1 heterocycles. The lowest BCUT2D eigenvalue weighted by Crippen LogP contribution is -2.31. The third-order valence-electron chi connectivity index (χ3n) is 3.66. The van der Waals surface area contributed by atoms with Gasteiger partial charge in [-0.05, 0) is 59.4 Å². The lowest BCUT2D eigenvalue weighted by molar-refractivity contribution is 0.300. The fraction of sp³-hybridized carbons (Fsp3) is 0.412. The van der Waals surface area contributed by atoms with E-state index in [0.29, 0.717) is 0 Å². The number of halogens is 4. The number of nitrogens with zero attached hydrogens (tertiary/aromatic N) is 1. The molecular formula is C17H24Br2Cl2N2O. The second kappa shape index (κ2) is 12.3. The van der Waals surface area contributed by atoms with Crippen LogP contribution in [0.3, 0.4) is 0 Å². The molecule has 0 saturated heterocycles. The first kappa shape index (κ1) is 24.0. The molecule has 0 aliphatic heterocycles. The molecule has 136 valence electrons. The van der Waals surface area contributed by atoms with Gasteiger partial charge in [-0.2, -0.15) is 0 Å². The average molecular weight is 503 g/mol. The number of benzene rings is 1. The summed E-state index contributed by atoms with van der Waals surface area (Å²) >= 11 is 7.04. The third-order valence-corrected chi connectivity index (χ3v) is 4.81. The van der Waals surface area contributed by atoms with E-state index < -0.39 is 0 Å². The molecule has 0 bridgehead atoms. The Kier molecular flexibility index (Phi) is 12.3. The van der Waals surface area contributed by atoms with E-state index in [-0.39, 0.29) is 24.8 Å². The van der Waals surface area contributed by atoms with Crippen LogP contribution in [0.15, 0.2) is 43.7 Å². The fourth-order valence-electron chi connectivity index (χ4n) is 2.30. The molecule has 0 saturated carbocycles. The van der Waals surface area contributed by atoms with Crippen molar-refractivity contribution < 1.29 is 4.42 Å². The molecule has 0 radical (unpaired) electrons. The minimum absolute atomic E-state index is 0. The molecule has 24 heavy (non-hydrogen) atoms. The zero-order chi connectivity index (χ0) is 15.9. The van der Waals surface area contributed by atoms with Crippen LogP contribution in [0.4, 0.5) is 0 Å². The van der Waals surface area contributed by atoms with Gasteiger partial charge in [0, 0.05) is 27.6 Å². The molecule has 3 nitrogen and oxygen atoms in total. The SMILES string of the molecule is CCN(CC)CCNCc1ccc(-c2ccc(Br)cc2Br)o1.Cl.Cl. The summed E-state index contributed by atoms with van der Waals surface area (Å²) in [5.74, 6) is 1.85. The molecule has 2 aromatic rings. The summed E-state index contributed by atoms with van der Waals surface area (Å²) in [6, 6.07) is 10.2. The fourth-order valence-corrected chi connectivity index (χ4v) is 3.54. The van der Waals surface area contributed by atoms with Crippen LogP contribution in [0.1, 0.15) is 19.6 Å². The van der Waals surface area contributed by atoms with Gasteiger partial charge in [-0.1, -0.05) is 29.8 Å². The normalized spacial score (nSPS) is 10.4. The van der Waals surface area contributed by atoms with Gasteiger partial charge in [-0.15, -0.1) is 24.8 Å². The van der Waals surface area contributed by atoms with Crippen molar-refractivity contribution in [3.05, 3.63) is 45.0 Å². The number of rotatable bonds is 8. The van der Waals surface area contributed by atoms with Gasteiger partial charge in [0.2, 0.25) is 0 Å². The van der Waals surface area contributed by atoms with Crippen molar-refractivity contribution in [3.8, 4) is 11.3 Å². The second-order valence-electron chi connectivity index (χ2n) is 5.09. The first-order valence-corrected chi connectivity index (χ1v) is 9.19. The standard InChI is InChI=1S/C17H22Br2N2O.2ClH/c1-3-21(4-2)10-9-20-12-14-6-8-17(22-14)15-7-5-13(18)11-16(15)19;;/h5-8,11,20H,3-4,9-10,12H2,1-2H3;2*1H. The molecule has 2 rings (SSSR count). The minimum atomic E-state index is 0. The van der Waals surface area contributed by atoms with E-state index in [1.54, 1.807) is 0 Å². The van der Waals surface area contributed by atoms with Gasteiger partial charge in [0.1, 0.15) is 11.5 Å². The predicted octanol–water partition coefficient (Wildman–Crippen LogP) is 5.75. The summed E-state index contributed by atoms with van der Waals surface area (Å²) in [5.41, 5.74) is 1.07. The minimum Gasteiger partial charge on any atom is -0.460 e. The third kappa shape index (κ3) is 7.06. The molecule has 0 atom stereocenters. The van der Waals surface area contributed by atoms with E-state index in [9.17, 15) is 0 Å². The van der Waals surface area contributed by atoms with Gasteiger partial charge in [-0.3, -0.25) is 0 Å². The summed E-state index contributed by atoms with van der Waals surface area (Å²) < 4.78 is 8.00. The molecule has 0 aliphatic rings. The van der Waals surface area contributed by atoms with Gasteiger partial charge in [0.15, 0.2) is 0 Å². The van der Waals surface area contributed by atoms with Gasteiger partial charge < -0.3 is 14.6 Å². The summed E-state index contributed by atoms with van der Waals surface area (Å²) in [5, 5.41) is 3.43. The van der Waals surface area contributed by atoms with Crippen molar-refractivity contribution in [1.29, 1.82) is 0 Å². The topological polar surface area (TPSA) is 28.4 Å². The molecule has 0 spiro atoms. The molecule has 1 N–H and O–H groups in total. The Bertz CT molecular complexity index is 604. The van der Waals surface area contributed by atoms with Crippen LogP contribution in [-0.4, -0.2) is 31.1 Å². The number of hydrogen-bond donors (Lipinski definition) is 1. The van der Waals surface area contributed by atoms with Crippen molar-refractivity contribution in [3.63, 3.8) is 0 Å². The molecule has 0 fully saturated rings. The second-order valence-corrected chi connectivity index (χ2v) is 6.86. The number of furan rings is 1. The van der Waals surface area contributed by atoms with Crippen molar-refractivity contribution in [2.24, 2.45) is 0 Å². The van der Waals surface area contributed by atoms with Crippen LogP contribution in [-0.2, 0) is 6.54 Å². The summed E-state index contributed by atoms with van der Waals surface area (Å²) in [4.78, 5) is 2.40. The van der Waals surface area contributed by atoms with E-state index >= 15 is 0 Å². The highest BCUT2D eigenvalue weighted by Gasteiger charge is 2.08. The molecule has 1 aromatic heterocycles. The number of nitrogens with one attached hydrogen (secondary N) is 1. The zero-order valence-corrected chi connectivity index (χ0v) is 18.7. The van der Waals surface area contributed by atoms with Crippen LogP contribution in [0.2, 0.25) is 0 Å². The van der Waals surface area contributed by atoms with E-state index in [2.05, 4.69) is 55.9 Å². The summed E-state index contributed by atoms with van der Waals surface area (Å²) in [6.45, 7) is 9.38. The first-order chi connectivity index (χ1) is 10.6. The molecule has 0 aliphatic carbocycles. The predicted molar refractivity (Wildman–Crippen MR) is 114 cm³/mol. The van der Waals surface area contributed by atoms with E-state index in [1.807, 2.05) is 30.3 Å². The Morgan fingerprint density at radius 1 is 1.04 bits per heavy atom. The maximum absolute atomic E-state index is 5.93. The lowest BCUT2D eigenvalue weighted by Gasteiger charge is -2.17. The monoisotopic (exact) mass is 500 g/mol. The Morgan fingerprint density at radius 2 is 1.75 bits per heavy atom. The van der Waals surface area contributed by atoms with E-state index in [0.717, 1.165) is 58.8 Å². The highest BCUT2D eigenvalue weighted by molar-refractivity contribution is 9.11. The number of likely N-dealkylation sites (N-methyl/N-ethyl adjacent to an activating group) is 1. The van der Waals surface area contributed by atoms with Crippen molar-refractivity contribution in [2.45, 2.75) is 20.4 Å². The molecular weight excluding hydrogens is 479 g/mol. The Labute approximate surface area is 173 Å². The van der Waals surface area contributed by atoms with Gasteiger partial charge in [-0.25, -0.2) is 0 Å². The van der Waals surface area contributed by atoms with Crippen LogP contribution in [0.25, 0.3) is 11.3 Å². The number of hydrogen-bond acceptors (Lipinski definition) is 3. The van der Waals surface area contributed by atoms with E-state index in [4.69, 9.17) is 4.42 Å². The molecule has 0 unspecified atom stereocenters. The Hall–Kier alpha value is -0.0400. The van der Waals surface area contributed by atoms with Gasteiger partial charge >= 0.3 is 0 Å². The highest BCUT2D eigenvalue weighted by Crippen LogP contribution is 2.31. The average Bonchev–Trinajstić information content (AvgIpc) is 2.96. The largest absolute Gasteiger partial charge is 0.460 e.